The van der Waals surface area contributed by atoms with Crippen LogP contribution in [0.25, 0.3) is 0 Å². The Bertz CT molecular complexity index is 361. The lowest BCUT2D eigenvalue weighted by atomic mass is 9.91. The van der Waals surface area contributed by atoms with Crippen LogP contribution in [0.15, 0.2) is 12.7 Å². The zero-order valence-electron chi connectivity index (χ0n) is 10.5. The van der Waals surface area contributed by atoms with E-state index in [1.165, 1.54) is 4.90 Å². The van der Waals surface area contributed by atoms with Crippen molar-refractivity contribution in [3.05, 3.63) is 12.7 Å². The number of carbonyl (C=O) groups is 2. The van der Waals surface area contributed by atoms with Gasteiger partial charge in [0, 0.05) is 12.5 Å². The molecule has 1 atom stereocenters. The minimum absolute atomic E-state index is 0.0146. The van der Waals surface area contributed by atoms with Crippen LogP contribution >= 0.6 is 0 Å². The molecule has 1 aliphatic carbocycles. The molecule has 2 fully saturated rings. The van der Waals surface area contributed by atoms with Gasteiger partial charge >= 0.3 is 5.97 Å². The lowest BCUT2D eigenvalue weighted by molar-refractivity contribution is -0.145. The first kappa shape index (κ1) is 13.1. The predicted octanol–water partition coefficient (Wildman–Crippen LogP) is 0.475. The highest BCUT2D eigenvalue weighted by molar-refractivity contribution is 5.86. The molecule has 1 unspecified atom stereocenters. The van der Waals surface area contributed by atoms with Gasteiger partial charge in [0.05, 0.1) is 0 Å². The maximum atomic E-state index is 12.3. The summed E-state index contributed by atoms with van der Waals surface area (Å²) in [6.07, 6.45) is 4.55. The van der Waals surface area contributed by atoms with Gasteiger partial charge in [-0.1, -0.05) is 6.08 Å². The molecule has 1 spiro atoms. The Kier molecular flexibility index (Phi) is 3.71. The van der Waals surface area contributed by atoms with Crippen molar-refractivity contribution >= 4 is 11.9 Å². The van der Waals surface area contributed by atoms with E-state index in [2.05, 4.69) is 11.9 Å². The fraction of sp³-hybridized carbons (Fsp3) is 0.692. The van der Waals surface area contributed by atoms with E-state index in [0.29, 0.717) is 6.54 Å². The van der Waals surface area contributed by atoms with E-state index in [1.54, 1.807) is 6.08 Å². The van der Waals surface area contributed by atoms with E-state index in [0.717, 1.165) is 32.4 Å². The highest BCUT2D eigenvalue weighted by Crippen LogP contribution is 2.59. The van der Waals surface area contributed by atoms with Gasteiger partial charge in [-0.25, -0.2) is 0 Å². The summed E-state index contributed by atoms with van der Waals surface area (Å²) in [5.74, 6) is -0.955. The van der Waals surface area contributed by atoms with E-state index < -0.39 is 5.97 Å². The molecule has 2 aliphatic rings. The molecule has 0 bridgehead atoms. The molecule has 0 aromatic carbocycles. The van der Waals surface area contributed by atoms with Gasteiger partial charge < -0.3 is 15.3 Å². The Morgan fingerprint density at radius 2 is 2.11 bits per heavy atom. The predicted molar refractivity (Wildman–Crippen MR) is 67.1 cm³/mol. The molecule has 0 aromatic heterocycles. The maximum Gasteiger partial charge on any atom is 0.323 e. The topological polar surface area (TPSA) is 69.6 Å². The Balaban J connectivity index is 1.97. The van der Waals surface area contributed by atoms with Crippen molar-refractivity contribution in [3.63, 3.8) is 0 Å². The molecule has 1 saturated heterocycles. The molecular formula is C13H20N2O3. The first-order valence-corrected chi connectivity index (χ1v) is 6.41. The third kappa shape index (κ3) is 2.56. The van der Waals surface area contributed by atoms with Crippen molar-refractivity contribution in [1.29, 1.82) is 0 Å². The first-order chi connectivity index (χ1) is 8.59. The summed E-state index contributed by atoms with van der Waals surface area (Å²) in [4.78, 5) is 24.5. The SMILES string of the molecule is C=CCN(CC(=O)O)C(=O)C1CC12CCNCC2. The number of hydrogen-bond acceptors (Lipinski definition) is 3. The Morgan fingerprint density at radius 1 is 1.44 bits per heavy atom. The van der Waals surface area contributed by atoms with E-state index in [4.69, 9.17) is 5.11 Å². The van der Waals surface area contributed by atoms with Crippen LogP contribution in [0, 0.1) is 11.3 Å². The Hall–Kier alpha value is -1.36. The average Bonchev–Trinajstić information content (AvgIpc) is 3.02. The second-order valence-electron chi connectivity index (χ2n) is 5.27. The lowest BCUT2D eigenvalue weighted by Crippen LogP contribution is -2.39. The number of aliphatic carboxylic acids is 1. The largest absolute Gasteiger partial charge is 0.480 e. The van der Waals surface area contributed by atoms with Gasteiger partial charge in [0.15, 0.2) is 0 Å². The first-order valence-electron chi connectivity index (χ1n) is 6.41. The molecule has 1 aliphatic heterocycles. The number of amides is 1. The number of rotatable bonds is 5. The van der Waals surface area contributed by atoms with Crippen molar-refractivity contribution in [2.24, 2.45) is 11.3 Å². The van der Waals surface area contributed by atoms with E-state index in [-0.39, 0.29) is 23.8 Å². The number of nitrogens with one attached hydrogen (secondary N) is 1. The molecule has 2 N–H and O–H groups in total. The zero-order chi connectivity index (χ0) is 13.2. The van der Waals surface area contributed by atoms with Gasteiger partial charge in [-0.15, -0.1) is 6.58 Å². The maximum absolute atomic E-state index is 12.3. The van der Waals surface area contributed by atoms with Crippen LogP contribution in [0.3, 0.4) is 0 Å². The van der Waals surface area contributed by atoms with E-state index in [9.17, 15) is 9.59 Å². The molecule has 100 valence electrons. The molecule has 18 heavy (non-hydrogen) atoms. The van der Waals surface area contributed by atoms with Gasteiger partial charge in [-0.05, 0) is 37.8 Å². The monoisotopic (exact) mass is 252 g/mol. The second kappa shape index (κ2) is 5.10. The molecule has 1 saturated carbocycles. The minimum Gasteiger partial charge on any atom is -0.480 e. The second-order valence-corrected chi connectivity index (χ2v) is 5.27. The molecule has 5 heteroatoms. The van der Waals surface area contributed by atoms with Gasteiger partial charge in [0.2, 0.25) is 5.91 Å². The number of piperidine rings is 1. The van der Waals surface area contributed by atoms with Crippen LogP contribution in [-0.2, 0) is 9.59 Å². The average molecular weight is 252 g/mol. The highest BCUT2D eigenvalue weighted by Gasteiger charge is 2.58. The van der Waals surface area contributed by atoms with Crippen LogP contribution in [0.1, 0.15) is 19.3 Å². The van der Waals surface area contributed by atoms with Gasteiger partial charge in [0.1, 0.15) is 6.54 Å². The number of carboxylic acids is 1. The van der Waals surface area contributed by atoms with Crippen LogP contribution in [-0.4, -0.2) is 48.1 Å². The lowest BCUT2D eigenvalue weighted by Gasteiger charge is -2.25. The van der Waals surface area contributed by atoms with Gasteiger partial charge in [0.25, 0.3) is 0 Å². The summed E-state index contributed by atoms with van der Waals surface area (Å²) in [7, 11) is 0. The number of nitrogens with zero attached hydrogens (tertiary/aromatic N) is 1. The minimum atomic E-state index is -0.967. The fourth-order valence-corrected chi connectivity index (χ4v) is 2.95. The molecule has 1 amide bonds. The summed E-state index contributed by atoms with van der Waals surface area (Å²) in [5, 5.41) is 12.1. The highest BCUT2D eigenvalue weighted by atomic mass is 16.4. The van der Waals surface area contributed by atoms with Crippen molar-refractivity contribution in [1.82, 2.24) is 10.2 Å². The van der Waals surface area contributed by atoms with Gasteiger partial charge in [-0.3, -0.25) is 9.59 Å². The smallest absolute Gasteiger partial charge is 0.323 e. The summed E-state index contributed by atoms with van der Waals surface area (Å²) in [6, 6.07) is 0. The molecule has 0 radical (unpaired) electrons. The zero-order valence-corrected chi connectivity index (χ0v) is 10.5. The van der Waals surface area contributed by atoms with Crippen LogP contribution in [0.2, 0.25) is 0 Å². The van der Waals surface area contributed by atoms with E-state index >= 15 is 0 Å². The third-order valence-corrected chi connectivity index (χ3v) is 4.07. The van der Waals surface area contributed by atoms with E-state index in [1.807, 2.05) is 0 Å². The molecule has 2 rings (SSSR count). The van der Waals surface area contributed by atoms with Gasteiger partial charge in [-0.2, -0.15) is 0 Å². The summed E-state index contributed by atoms with van der Waals surface area (Å²) in [5.41, 5.74) is 0.153. The number of hydrogen-bond donors (Lipinski definition) is 2. The van der Waals surface area contributed by atoms with Crippen LogP contribution in [0.5, 0.6) is 0 Å². The van der Waals surface area contributed by atoms with Crippen LogP contribution < -0.4 is 5.32 Å². The van der Waals surface area contributed by atoms with Crippen molar-refractivity contribution < 1.29 is 14.7 Å². The molecule has 1 heterocycles. The van der Waals surface area contributed by atoms with Crippen molar-refractivity contribution in [3.8, 4) is 0 Å². The standard InChI is InChI=1S/C13H20N2O3/c1-2-7-15(9-11(16)17)12(18)10-8-13(10)3-5-14-6-4-13/h2,10,14H,1,3-9H2,(H,16,17). The van der Waals surface area contributed by atoms with Crippen LogP contribution in [0.4, 0.5) is 0 Å². The number of carboxylic acid groups (broad SMARTS) is 1. The number of carbonyl (C=O) groups excluding carboxylic acids is 1. The fourth-order valence-electron chi connectivity index (χ4n) is 2.95. The quantitative estimate of drug-likeness (QED) is 0.698. The van der Waals surface area contributed by atoms with Crippen molar-refractivity contribution in [2.45, 2.75) is 19.3 Å². The van der Waals surface area contributed by atoms with Crippen molar-refractivity contribution in [2.75, 3.05) is 26.2 Å². The summed E-state index contributed by atoms with van der Waals surface area (Å²) in [6.45, 7) is 5.59. The molecule has 0 aromatic rings. The molecular weight excluding hydrogens is 232 g/mol. The third-order valence-electron chi connectivity index (χ3n) is 4.07. The Labute approximate surface area is 107 Å². The summed E-state index contributed by atoms with van der Waals surface area (Å²) < 4.78 is 0. The summed E-state index contributed by atoms with van der Waals surface area (Å²) >= 11 is 0. The Morgan fingerprint density at radius 3 is 2.67 bits per heavy atom. The molecule has 5 nitrogen and oxygen atoms in total. The normalized spacial score (nSPS) is 24.6.